The third-order valence-electron chi connectivity index (χ3n) is 2.64. The van der Waals surface area contributed by atoms with Gasteiger partial charge in [-0.25, -0.2) is 5.43 Å². The molecule has 3 rings (SSSR count). The molecule has 4 nitrogen and oxygen atoms in total. The van der Waals surface area contributed by atoms with Gasteiger partial charge in [0.2, 0.25) is 0 Å². The van der Waals surface area contributed by atoms with Crippen LogP contribution in [0.15, 0.2) is 36.5 Å². The Hall–Kier alpha value is -1.81. The fraction of sp³-hybridized carbons (Fsp3) is 0.100. The monoisotopic (exact) mass is 187 g/mol. The zero-order valence-electron chi connectivity index (χ0n) is 7.37. The molecule has 14 heavy (non-hydrogen) atoms. The van der Waals surface area contributed by atoms with E-state index in [2.05, 4.69) is 16.2 Å². The Bertz CT molecular complexity index is 441. The van der Waals surface area contributed by atoms with Crippen LogP contribution in [0, 0.1) is 0 Å². The van der Waals surface area contributed by atoms with Gasteiger partial charge in [0.15, 0.2) is 5.54 Å². The molecular formula is C10H9N3O. The second kappa shape index (κ2) is 2.36. The molecule has 0 radical (unpaired) electrons. The molecule has 1 amide bonds. The molecule has 0 aliphatic carbocycles. The summed E-state index contributed by atoms with van der Waals surface area (Å²) in [5.41, 5.74) is 6.93. The highest BCUT2D eigenvalue weighted by Gasteiger charge is 2.46. The van der Waals surface area contributed by atoms with Crippen LogP contribution in [-0.4, -0.2) is 5.91 Å². The van der Waals surface area contributed by atoms with Crippen LogP contribution in [-0.2, 0) is 10.3 Å². The van der Waals surface area contributed by atoms with Crippen LogP contribution < -0.4 is 16.2 Å². The first-order chi connectivity index (χ1) is 6.83. The van der Waals surface area contributed by atoms with Crippen LogP contribution in [0.25, 0.3) is 0 Å². The number of carbonyl (C=O) groups excluding carboxylic acids is 1. The number of rotatable bonds is 0. The maximum Gasteiger partial charge on any atom is 0.255 e. The summed E-state index contributed by atoms with van der Waals surface area (Å²) < 4.78 is 0. The molecule has 70 valence electrons. The standard InChI is InChI=1S/C10H9N3O/c14-9-10(5-6-11-13-10)7-3-1-2-4-8(7)12-9/h1-6,11,13H,(H,12,14). The summed E-state index contributed by atoms with van der Waals surface area (Å²) in [7, 11) is 0. The molecule has 0 saturated carbocycles. The number of benzene rings is 1. The minimum atomic E-state index is -0.712. The van der Waals surface area contributed by atoms with E-state index in [9.17, 15) is 4.79 Å². The lowest BCUT2D eigenvalue weighted by Gasteiger charge is -2.18. The molecule has 4 heteroatoms. The van der Waals surface area contributed by atoms with Gasteiger partial charge in [-0.3, -0.25) is 4.79 Å². The van der Waals surface area contributed by atoms with E-state index in [-0.39, 0.29) is 5.91 Å². The second-order valence-electron chi connectivity index (χ2n) is 3.41. The number of hydrogen-bond acceptors (Lipinski definition) is 3. The Labute approximate surface area is 81.0 Å². The Kier molecular flexibility index (Phi) is 1.28. The van der Waals surface area contributed by atoms with Gasteiger partial charge in [-0.2, -0.15) is 0 Å². The Morgan fingerprint density at radius 1 is 1.21 bits per heavy atom. The summed E-state index contributed by atoms with van der Waals surface area (Å²) in [4.78, 5) is 11.8. The third kappa shape index (κ3) is 0.736. The first-order valence-corrected chi connectivity index (χ1v) is 4.44. The van der Waals surface area contributed by atoms with Crippen molar-refractivity contribution in [2.24, 2.45) is 0 Å². The number of anilines is 1. The number of carbonyl (C=O) groups is 1. The largest absolute Gasteiger partial charge is 0.327 e. The summed E-state index contributed by atoms with van der Waals surface area (Å²) in [6, 6.07) is 7.67. The number of hydrogen-bond donors (Lipinski definition) is 3. The van der Waals surface area contributed by atoms with Crippen LogP contribution in [0.5, 0.6) is 0 Å². The highest BCUT2D eigenvalue weighted by atomic mass is 16.2. The van der Waals surface area contributed by atoms with Crippen LogP contribution in [0.1, 0.15) is 5.56 Å². The fourth-order valence-corrected chi connectivity index (χ4v) is 1.93. The summed E-state index contributed by atoms with van der Waals surface area (Å²) in [5.74, 6) is -0.0417. The van der Waals surface area contributed by atoms with Gasteiger partial charge in [0.05, 0.1) is 0 Å². The molecule has 1 unspecified atom stereocenters. The highest BCUT2D eigenvalue weighted by Crippen LogP contribution is 2.37. The normalized spacial score (nSPS) is 27.6. The summed E-state index contributed by atoms with van der Waals surface area (Å²) >= 11 is 0. The number of para-hydroxylation sites is 1. The fourth-order valence-electron chi connectivity index (χ4n) is 1.93. The second-order valence-corrected chi connectivity index (χ2v) is 3.41. The van der Waals surface area contributed by atoms with Gasteiger partial charge in [0.25, 0.3) is 5.91 Å². The number of fused-ring (bicyclic) bond motifs is 2. The van der Waals surface area contributed by atoms with Crippen molar-refractivity contribution in [3.63, 3.8) is 0 Å². The summed E-state index contributed by atoms with van der Waals surface area (Å²) in [6.45, 7) is 0. The van der Waals surface area contributed by atoms with Crippen LogP contribution >= 0.6 is 0 Å². The minimum absolute atomic E-state index is 0.0417. The van der Waals surface area contributed by atoms with Crippen LogP contribution in [0.3, 0.4) is 0 Å². The molecule has 0 saturated heterocycles. The molecule has 0 fully saturated rings. The number of hydrazine groups is 1. The minimum Gasteiger partial charge on any atom is -0.327 e. The van der Waals surface area contributed by atoms with Gasteiger partial charge in [0.1, 0.15) is 0 Å². The first-order valence-electron chi connectivity index (χ1n) is 4.44. The van der Waals surface area contributed by atoms with Gasteiger partial charge >= 0.3 is 0 Å². The molecule has 1 atom stereocenters. The molecule has 0 aromatic heterocycles. The predicted molar refractivity (Wildman–Crippen MR) is 52.2 cm³/mol. The lowest BCUT2D eigenvalue weighted by molar-refractivity contribution is -0.120. The van der Waals surface area contributed by atoms with Gasteiger partial charge < -0.3 is 10.7 Å². The van der Waals surface area contributed by atoms with E-state index in [1.54, 1.807) is 6.20 Å². The molecular weight excluding hydrogens is 178 g/mol. The van der Waals surface area contributed by atoms with Gasteiger partial charge in [-0.15, -0.1) is 0 Å². The van der Waals surface area contributed by atoms with Crippen LogP contribution in [0.4, 0.5) is 5.69 Å². The zero-order valence-corrected chi connectivity index (χ0v) is 7.37. The molecule has 1 aromatic rings. The Morgan fingerprint density at radius 3 is 2.86 bits per heavy atom. The van der Waals surface area contributed by atoms with Crippen molar-refractivity contribution < 1.29 is 4.79 Å². The maximum atomic E-state index is 11.8. The van der Waals surface area contributed by atoms with Crippen molar-refractivity contribution in [1.82, 2.24) is 10.9 Å². The molecule has 1 aromatic carbocycles. The summed E-state index contributed by atoms with van der Waals surface area (Å²) in [5, 5.41) is 2.84. The summed E-state index contributed by atoms with van der Waals surface area (Å²) in [6.07, 6.45) is 3.57. The number of amides is 1. The van der Waals surface area contributed by atoms with E-state index >= 15 is 0 Å². The zero-order chi connectivity index (χ0) is 9.60. The van der Waals surface area contributed by atoms with Gasteiger partial charge in [0, 0.05) is 17.5 Å². The lowest BCUT2D eigenvalue weighted by atomic mass is 9.93. The molecule has 0 bridgehead atoms. The van der Waals surface area contributed by atoms with Crippen molar-refractivity contribution >= 4 is 11.6 Å². The molecule has 2 heterocycles. The Morgan fingerprint density at radius 2 is 2.07 bits per heavy atom. The average molecular weight is 187 g/mol. The quantitative estimate of drug-likeness (QED) is 0.553. The molecule has 2 aliphatic heterocycles. The van der Waals surface area contributed by atoms with Crippen molar-refractivity contribution in [3.8, 4) is 0 Å². The molecule has 2 aliphatic rings. The van der Waals surface area contributed by atoms with Crippen molar-refractivity contribution in [1.29, 1.82) is 0 Å². The third-order valence-corrected chi connectivity index (χ3v) is 2.64. The first kappa shape index (κ1) is 7.58. The maximum absolute atomic E-state index is 11.8. The molecule has 1 spiro atoms. The van der Waals surface area contributed by atoms with E-state index in [0.717, 1.165) is 11.3 Å². The van der Waals surface area contributed by atoms with E-state index in [1.807, 2.05) is 30.3 Å². The topological polar surface area (TPSA) is 53.2 Å². The van der Waals surface area contributed by atoms with Crippen molar-refractivity contribution in [2.75, 3.05) is 5.32 Å². The van der Waals surface area contributed by atoms with E-state index in [4.69, 9.17) is 0 Å². The smallest absolute Gasteiger partial charge is 0.255 e. The lowest BCUT2D eigenvalue weighted by Crippen LogP contribution is -2.46. The van der Waals surface area contributed by atoms with E-state index < -0.39 is 5.54 Å². The van der Waals surface area contributed by atoms with Gasteiger partial charge in [-0.05, 0) is 12.1 Å². The van der Waals surface area contributed by atoms with Crippen molar-refractivity contribution in [2.45, 2.75) is 5.54 Å². The van der Waals surface area contributed by atoms with Crippen molar-refractivity contribution in [3.05, 3.63) is 42.1 Å². The van der Waals surface area contributed by atoms with E-state index in [1.165, 1.54) is 0 Å². The number of nitrogens with one attached hydrogen (secondary N) is 3. The Balaban J connectivity index is 2.24. The van der Waals surface area contributed by atoms with Crippen LogP contribution in [0.2, 0.25) is 0 Å². The van der Waals surface area contributed by atoms with Gasteiger partial charge in [-0.1, -0.05) is 18.2 Å². The SMILES string of the molecule is O=C1Nc2ccccc2C12C=CNN2. The predicted octanol–water partition coefficient (Wildman–Crippen LogP) is 0.455. The van der Waals surface area contributed by atoms with E-state index in [0.29, 0.717) is 0 Å². The highest BCUT2D eigenvalue weighted by molar-refractivity contribution is 6.07. The molecule has 3 N–H and O–H groups in total. The average Bonchev–Trinajstić information content (AvgIpc) is 2.77.